The Morgan fingerprint density at radius 1 is 1.05 bits per heavy atom. The van der Waals surface area contributed by atoms with Gasteiger partial charge in [-0.15, -0.1) is 0 Å². The number of hydrogen-bond donors (Lipinski definition) is 6. The smallest absolute Gasteiger partial charge is 0.407 e. The number of rotatable bonds is 9. The minimum atomic E-state index is -3.89. The van der Waals surface area contributed by atoms with Crippen LogP contribution in [0.15, 0.2) is 35.5 Å². The van der Waals surface area contributed by atoms with E-state index in [9.17, 15) is 19.9 Å². The molecule has 1 aromatic carbocycles. The van der Waals surface area contributed by atoms with Crippen LogP contribution in [0.25, 0.3) is 0 Å². The number of hydrogen-bond acceptors (Lipinski definition) is 14. The van der Waals surface area contributed by atoms with E-state index >= 15 is 8.78 Å². The molecule has 0 radical (unpaired) electrons. The number of nitroso groups, excluding NO2 is 1. The van der Waals surface area contributed by atoms with E-state index in [2.05, 4.69) is 20.3 Å². The highest BCUT2D eigenvalue weighted by molar-refractivity contribution is 5.67. The predicted octanol–water partition coefficient (Wildman–Crippen LogP) is -0.689. The number of aliphatic hydroxyl groups is 2. The van der Waals surface area contributed by atoms with Gasteiger partial charge in [0.05, 0.1) is 12.1 Å². The fourth-order valence-electron chi connectivity index (χ4n) is 4.84. The molecule has 11 unspecified atom stereocenters. The summed E-state index contributed by atoms with van der Waals surface area (Å²) in [6.07, 6.45) is -12.1. The van der Waals surface area contributed by atoms with Gasteiger partial charge in [-0.25, -0.2) is 18.5 Å². The van der Waals surface area contributed by atoms with Gasteiger partial charge < -0.3 is 51.7 Å². The number of carbonyl (C=O) groups excluding carboxylic acids is 1. The van der Waals surface area contributed by atoms with Crippen molar-refractivity contribution < 1.29 is 52.5 Å². The molecular weight excluding hydrogens is 556 g/mol. The minimum Gasteiger partial charge on any atom is -0.445 e. The SMILES string of the molecule is NC1CC(N)C(OC2OOC(O)C(N)C2O)C(F)(F)C1OC1OC(CNC(=O)OCc2ccccc2)CCC1N=O. The van der Waals surface area contributed by atoms with Crippen LogP contribution < -0.4 is 22.5 Å². The number of carbonyl (C=O) groups is 1. The van der Waals surface area contributed by atoms with Gasteiger partial charge in [-0.2, -0.15) is 9.79 Å². The lowest BCUT2D eigenvalue weighted by Crippen LogP contribution is -2.69. The van der Waals surface area contributed by atoms with Crippen molar-refractivity contribution >= 4 is 6.09 Å². The molecule has 1 saturated carbocycles. The van der Waals surface area contributed by atoms with Crippen LogP contribution in [-0.2, 0) is 35.3 Å². The van der Waals surface area contributed by atoms with E-state index in [1.807, 2.05) is 6.07 Å². The highest BCUT2D eigenvalue weighted by Crippen LogP contribution is 2.40. The van der Waals surface area contributed by atoms with Gasteiger partial charge in [0, 0.05) is 18.6 Å². The highest BCUT2D eigenvalue weighted by Gasteiger charge is 2.60. The third kappa shape index (κ3) is 7.50. The second-order valence-electron chi connectivity index (χ2n) is 10.2. The molecule has 0 spiro atoms. The molecular formula is C24H35F2N5O10. The van der Waals surface area contributed by atoms with Crippen molar-refractivity contribution in [2.75, 3.05) is 6.54 Å². The second kappa shape index (κ2) is 13.7. The zero-order chi connectivity index (χ0) is 29.7. The Bertz CT molecular complexity index is 1020. The number of alkyl carbamates (subject to hydrolysis) is 1. The molecule has 41 heavy (non-hydrogen) atoms. The number of aliphatic hydroxyl groups excluding tert-OH is 2. The monoisotopic (exact) mass is 591 g/mol. The third-order valence-electron chi connectivity index (χ3n) is 7.14. The van der Waals surface area contributed by atoms with Crippen molar-refractivity contribution in [1.29, 1.82) is 0 Å². The molecule has 1 aliphatic carbocycles. The van der Waals surface area contributed by atoms with E-state index in [0.29, 0.717) is 0 Å². The summed E-state index contributed by atoms with van der Waals surface area (Å²) in [5.41, 5.74) is 18.3. The first-order chi connectivity index (χ1) is 19.5. The van der Waals surface area contributed by atoms with Gasteiger partial charge in [0.25, 0.3) is 0 Å². The Balaban J connectivity index is 1.36. The van der Waals surface area contributed by atoms with Crippen LogP contribution in [0.5, 0.6) is 0 Å². The number of halogens is 2. The summed E-state index contributed by atoms with van der Waals surface area (Å²) >= 11 is 0. The molecule has 17 heteroatoms. The van der Waals surface area contributed by atoms with Crippen LogP contribution in [0.2, 0.25) is 0 Å². The summed E-state index contributed by atoms with van der Waals surface area (Å²) < 4.78 is 53.2. The van der Waals surface area contributed by atoms with Crippen molar-refractivity contribution in [2.45, 2.75) is 99.2 Å². The number of nitrogens with two attached hydrogens (primary N) is 3. The van der Waals surface area contributed by atoms with Crippen LogP contribution in [0.3, 0.4) is 0 Å². The van der Waals surface area contributed by atoms with Gasteiger partial charge in [-0.1, -0.05) is 35.5 Å². The molecule has 0 bridgehead atoms. The van der Waals surface area contributed by atoms with Crippen molar-refractivity contribution in [1.82, 2.24) is 5.32 Å². The van der Waals surface area contributed by atoms with Crippen molar-refractivity contribution in [3.05, 3.63) is 40.8 Å². The van der Waals surface area contributed by atoms with E-state index in [4.69, 9.17) is 36.1 Å². The number of alkyl halides is 2. The summed E-state index contributed by atoms with van der Waals surface area (Å²) in [4.78, 5) is 32.8. The van der Waals surface area contributed by atoms with Crippen LogP contribution >= 0.6 is 0 Å². The fourth-order valence-corrected chi connectivity index (χ4v) is 4.84. The lowest BCUT2D eigenvalue weighted by molar-refractivity contribution is -0.484. The normalized spacial score (nSPS) is 39.0. The van der Waals surface area contributed by atoms with Crippen LogP contribution in [0.4, 0.5) is 13.6 Å². The molecule has 11 atom stereocenters. The van der Waals surface area contributed by atoms with Gasteiger partial charge in [0.15, 0.2) is 6.29 Å². The van der Waals surface area contributed by atoms with E-state index in [0.717, 1.165) is 5.56 Å². The lowest BCUT2D eigenvalue weighted by Gasteiger charge is -2.47. The quantitative estimate of drug-likeness (QED) is 0.154. The van der Waals surface area contributed by atoms with Crippen LogP contribution in [0, 0.1) is 4.91 Å². The molecule has 15 nitrogen and oxygen atoms in total. The minimum absolute atomic E-state index is 0.0443. The van der Waals surface area contributed by atoms with Gasteiger partial charge in [-0.05, 0) is 24.8 Å². The number of benzene rings is 1. The van der Waals surface area contributed by atoms with Gasteiger partial charge in [-0.3, -0.25) is 0 Å². The maximum Gasteiger partial charge on any atom is 0.407 e. The molecule has 3 aliphatic rings. The molecule has 230 valence electrons. The first kappa shape index (κ1) is 31.5. The molecule has 2 aliphatic heterocycles. The third-order valence-corrected chi connectivity index (χ3v) is 7.14. The van der Waals surface area contributed by atoms with Gasteiger partial charge in [0.2, 0.25) is 12.6 Å². The van der Waals surface area contributed by atoms with E-state index in [1.54, 1.807) is 24.3 Å². The molecule has 9 N–H and O–H groups in total. The summed E-state index contributed by atoms with van der Waals surface area (Å²) in [5, 5.41) is 25.2. The number of ether oxygens (including phenoxy) is 4. The summed E-state index contributed by atoms with van der Waals surface area (Å²) in [7, 11) is 0. The second-order valence-corrected chi connectivity index (χ2v) is 10.2. The largest absolute Gasteiger partial charge is 0.445 e. The summed E-state index contributed by atoms with van der Waals surface area (Å²) in [6, 6.07) is 3.83. The molecule has 4 rings (SSSR count). The van der Waals surface area contributed by atoms with E-state index in [1.165, 1.54) is 0 Å². The highest BCUT2D eigenvalue weighted by atomic mass is 19.3. The zero-order valence-corrected chi connectivity index (χ0v) is 21.9. The Morgan fingerprint density at radius 3 is 2.37 bits per heavy atom. The predicted molar refractivity (Wildman–Crippen MR) is 133 cm³/mol. The molecule has 1 amide bonds. The van der Waals surface area contributed by atoms with Crippen molar-refractivity contribution in [2.24, 2.45) is 22.4 Å². The van der Waals surface area contributed by atoms with Crippen LogP contribution in [-0.4, -0.2) is 96.2 Å². The molecule has 0 aromatic heterocycles. The Kier molecular flexibility index (Phi) is 10.5. The first-order valence-electron chi connectivity index (χ1n) is 13.1. The molecule has 1 aromatic rings. The van der Waals surface area contributed by atoms with Crippen LogP contribution in [0.1, 0.15) is 24.8 Å². The Hall–Kier alpha value is -2.45. The number of nitrogens with zero attached hydrogens (tertiary/aromatic N) is 1. The average Bonchev–Trinajstić information content (AvgIpc) is 2.95. The standard InChI is InChI=1S/C24H35F2N5O10/c25-24(26)18(13(27)8-14(28)19(24)39-22-17(32)16(29)20(33)40-41-22)38-21-15(31-35)7-6-12(37-21)9-30-23(34)36-10-11-4-2-1-3-5-11/h1-5,12-22,32-33H,6-10,27-29H2,(H,30,34). The number of nitrogens with one attached hydrogen (secondary N) is 1. The van der Waals surface area contributed by atoms with Gasteiger partial charge >= 0.3 is 12.0 Å². The molecule has 2 saturated heterocycles. The Labute approximate surface area is 233 Å². The van der Waals surface area contributed by atoms with Crippen molar-refractivity contribution in [3.63, 3.8) is 0 Å². The number of amides is 1. The molecule has 2 heterocycles. The lowest BCUT2D eigenvalue weighted by atomic mass is 9.83. The van der Waals surface area contributed by atoms with Gasteiger partial charge in [0.1, 0.15) is 31.0 Å². The fraction of sp³-hybridized carbons (Fsp3) is 0.708. The summed E-state index contributed by atoms with van der Waals surface area (Å²) in [6.45, 7) is -0.00550. The Morgan fingerprint density at radius 2 is 1.71 bits per heavy atom. The van der Waals surface area contributed by atoms with Crippen molar-refractivity contribution in [3.8, 4) is 0 Å². The summed E-state index contributed by atoms with van der Waals surface area (Å²) in [5.74, 6) is -3.89. The first-order valence-corrected chi connectivity index (χ1v) is 13.1. The van der Waals surface area contributed by atoms with E-state index in [-0.39, 0.29) is 32.4 Å². The topological polar surface area (TPSA) is 232 Å². The maximum absolute atomic E-state index is 15.7. The zero-order valence-electron chi connectivity index (χ0n) is 21.9. The maximum atomic E-state index is 15.7. The molecule has 3 fully saturated rings. The van der Waals surface area contributed by atoms with E-state index < -0.39 is 79.5 Å². The average molecular weight is 592 g/mol.